The number of H-pyrrole nitrogens is 1. The molecule has 2 aliphatic rings. The third kappa shape index (κ3) is 1.05. The molecule has 0 aromatic carbocycles. The van der Waals surface area contributed by atoms with Crippen LogP contribution in [0.2, 0.25) is 0 Å². The van der Waals surface area contributed by atoms with Crippen molar-refractivity contribution in [2.45, 2.75) is 32.3 Å². The molecule has 0 spiro atoms. The number of aromatic nitrogens is 1. The lowest BCUT2D eigenvalue weighted by Gasteiger charge is -2.18. The number of rotatable bonds is 0. The fraction of sp³-hybridized carbons (Fsp3) is 0.545. The maximum absolute atomic E-state index is 11.7. The van der Waals surface area contributed by atoms with Crippen molar-refractivity contribution < 1.29 is 4.74 Å². The quantitative estimate of drug-likeness (QED) is 0.663. The largest absolute Gasteiger partial charge is 0.376 e. The van der Waals surface area contributed by atoms with Crippen LogP contribution in [-0.4, -0.2) is 11.6 Å². The molecule has 2 heterocycles. The molecule has 0 amide bonds. The third-order valence-electron chi connectivity index (χ3n) is 3.23. The molecule has 74 valence electrons. The molecule has 3 nitrogen and oxygen atoms in total. The molecule has 3 heteroatoms. The van der Waals surface area contributed by atoms with Crippen LogP contribution in [0.5, 0.6) is 0 Å². The molecule has 0 saturated carbocycles. The average Bonchev–Trinajstić information content (AvgIpc) is 2.66. The number of hydrogen-bond acceptors (Lipinski definition) is 2. The van der Waals surface area contributed by atoms with Crippen molar-refractivity contribution in [3.05, 3.63) is 32.7 Å². The number of pyridine rings is 1. The maximum Gasteiger partial charge on any atom is 0.253 e. The van der Waals surface area contributed by atoms with Crippen LogP contribution in [0.3, 0.4) is 0 Å². The zero-order chi connectivity index (χ0) is 9.54. The van der Waals surface area contributed by atoms with Gasteiger partial charge >= 0.3 is 0 Å². The lowest BCUT2D eigenvalue weighted by molar-refractivity contribution is 0.109. The van der Waals surface area contributed by atoms with Gasteiger partial charge in [0.05, 0.1) is 13.2 Å². The lowest BCUT2D eigenvalue weighted by atomic mass is 9.98. The van der Waals surface area contributed by atoms with Gasteiger partial charge in [-0.3, -0.25) is 4.79 Å². The van der Waals surface area contributed by atoms with Gasteiger partial charge in [-0.2, -0.15) is 0 Å². The van der Waals surface area contributed by atoms with Gasteiger partial charge in [0.1, 0.15) is 0 Å². The van der Waals surface area contributed by atoms with E-state index in [4.69, 9.17) is 4.74 Å². The monoisotopic (exact) mass is 191 g/mol. The van der Waals surface area contributed by atoms with Crippen LogP contribution in [0.15, 0.2) is 4.79 Å². The minimum absolute atomic E-state index is 0.0698. The maximum atomic E-state index is 11.7. The predicted molar refractivity (Wildman–Crippen MR) is 52.4 cm³/mol. The predicted octanol–water partition coefficient (Wildman–Crippen LogP) is 0.936. The van der Waals surface area contributed by atoms with E-state index in [9.17, 15) is 4.79 Å². The van der Waals surface area contributed by atoms with Crippen LogP contribution in [-0.2, 0) is 30.6 Å². The topological polar surface area (TPSA) is 42.1 Å². The number of hydrogen-bond donors (Lipinski definition) is 1. The fourth-order valence-corrected chi connectivity index (χ4v) is 2.55. The molecule has 1 N–H and O–H groups in total. The third-order valence-corrected chi connectivity index (χ3v) is 3.23. The van der Waals surface area contributed by atoms with Gasteiger partial charge in [0.25, 0.3) is 5.56 Å². The van der Waals surface area contributed by atoms with E-state index in [0.717, 1.165) is 31.4 Å². The average molecular weight is 191 g/mol. The molecule has 0 radical (unpaired) electrons. The van der Waals surface area contributed by atoms with Gasteiger partial charge in [-0.15, -0.1) is 0 Å². The van der Waals surface area contributed by atoms with Crippen LogP contribution in [0.25, 0.3) is 0 Å². The molecule has 0 saturated heterocycles. The zero-order valence-corrected chi connectivity index (χ0v) is 8.06. The summed E-state index contributed by atoms with van der Waals surface area (Å²) in [7, 11) is 0. The Hall–Kier alpha value is -1.09. The smallest absolute Gasteiger partial charge is 0.253 e. The minimum Gasteiger partial charge on any atom is -0.376 e. The van der Waals surface area contributed by atoms with Crippen LogP contribution < -0.4 is 5.56 Å². The molecule has 14 heavy (non-hydrogen) atoms. The summed E-state index contributed by atoms with van der Waals surface area (Å²) in [4.78, 5) is 14.7. The van der Waals surface area contributed by atoms with Gasteiger partial charge in [-0.1, -0.05) is 0 Å². The minimum atomic E-state index is 0.0698. The van der Waals surface area contributed by atoms with Crippen molar-refractivity contribution in [3.8, 4) is 0 Å². The van der Waals surface area contributed by atoms with Crippen molar-refractivity contribution in [3.63, 3.8) is 0 Å². The normalized spacial score (nSPS) is 19.1. The molecule has 1 aromatic rings. The van der Waals surface area contributed by atoms with Gasteiger partial charge in [0.2, 0.25) is 0 Å². The van der Waals surface area contributed by atoms with Gasteiger partial charge in [0.15, 0.2) is 0 Å². The van der Waals surface area contributed by atoms with E-state index in [1.807, 2.05) is 0 Å². The van der Waals surface area contributed by atoms with Crippen molar-refractivity contribution in [2.24, 2.45) is 0 Å². The van der Waals surface area contributed by atoms with Gasteiger partial charge in [0, 0.05) is 11.3 Å². The molecule has 1 aliphatic heterocycles. The molecular weight excluding hydrogens is 178 g/mol. The molecule has 1 aromatic heterocycles. The summed E-state index contributed by atoms with van der Waals surface area (Å²) in [6, 6.07) is 0. The number of fused-ring (bicyclic) bond motifs is 3. The summed E-state index contributed by atoms with van der Waals surface area (Å²) in [5.41, 5.74) is 4.81. The van der Waals surface area contributed by atoms with Gasteiger partial charge < -0.3 is 9.72 Å². The van der Waals surface area contributed by atoms with Crippen molar-refractivity contribution in [1.29, 1.82) is 0 Å². The van der Waals surface area contributed by atoms with Crippen molar-refractivity contribution in [2.75, 3.05) is 6.61 Å². The second kappa shape index (κ2) is 2.95. The number of aromatic amines is 1. The Morgan fingerprint density at radius 2 is 2.00 bits per heavy atom. The molecule has 3 rings (SSSR count). The highest BCUT2D eigenvalue weighted by molar-refractivity contribution is 5.39. The lowest BCUT2D eigenvalue weighted by Crippen LogP contribution is -2.24. The first-order valence-corrected chi connectivity index (χ1v) is 5.20. The highest BCUT2D eigenvalue weighted by Gasteiger charge is 2.22. The zero-order valence-electron chi connectivity index (χ0n) is 8.06. The van der Waals surface area contributed by atoms with E-state index in [0.29, 0.717) is 6.61 Å². The Morgan fingerprint density at radius 1 is 1.07 bits per heavy atom. The van der Waals surface area contributed by atoms with Crippen LogP contribution in [0.1, 0.15) is 28.8 Å². The summed E-state index contributed by atoms with van der Waals surface area (Å²) in [5.74, 6) is 0. The van der Waals surface area contributed by atoms with Crippen LogP contribution in [0, 0.1) is 0 Å². The van der Waals surface area contributed by atoms with E-state index in [-0.39, 0.29) is 5.56 Å². The van der Waals surface area contributed by atoms with Gasteiger partial charge in [-0.05, 0) is 36.8 Å². The standard InChI is InChI=1S/C11H13NO2/c13-11-9-6-14-5-4-7(9)8-2-1-3-10(8)12-11/h1-6H2,(H,12,13). The molecule has 0 atom stereocenters. The number of ether oxygens (including phenoxy) is 1. The fourth-order valence-electron chi connectivity index (χ4n) is 2.55. The van der Waals surface area contributed by atoms with Crippen LogP contribution in [0.4, 0.5) is 0 Å². The van der Waals surface area contributed by atoms with E-state index in [1.165, 1.54) is 23.2 Å². The molecular formula is C11H13NO2. The molecule has 0 unspecified atom stereocenters. The Labute approximate surface area is 82.1 Å². The second-order valence-electron chi connectivity index (χ2n) is 4.02. The highest BCUT2D eigenvalue weighted by Crippen LogP contribution is 2.26. The van der Waals surface area contributed by atoms with Gasteiger partial charge in [-0.25, -0.2) is 0 Å². The Morgan fingerprint density at radius 3 is 2.93 bits per heavy atom. The molecule has 1 aliphatic carbocycles. The Balaban J connectivity index is 2.28. The first-order valence-electron chi connectivity index (χ1n) is 5.20. The second-order valence-corrected chi connectivity index (χ2v) is 4.02. The Kier molecular flexibility index (Phi) is 1.74. The summed E-state index contributed by atoms with van der Waals surface area (Å²) in [5, 5.41) is 0. The summed E-state index contributed by atoms with van der Waals surface area (Å²) in [6.45, 7) is 1.26. The summed E-state index contributed by atoms with van der Waals surface area (Å²) >= 11 is 0. The first kappa shape index (κ1) is 8.24. The first-order chi connectivity index (χ1) is 6.86. The van der Waals surface area contributed by atoms with Crippen LogP contribution >= 0.6 is 0 Å². The molecule has 0 bridgehead atoms. The van der Waals surface area contributed by atoms with E-state index >= 15 is 0 Å². The summed E-state index contributed by atoms with van der Waals surface area (Å²) in [6.07, 6.45) is 4.28. The molecule has 0 fully saturated rings. The number of nitrogens with one attached hydrogen (secondary N) is 1. The Bertz CT molecular complexity index is 434. The van der Waals surface area contributed by atoms with Crippen molar-refractivity contribution in [1.82, 2.24) is 4.98 Å². The summed E-state index contributed by atoms with van der Waals surface area (Å²) < 4.78 is 5.32. The van der Waals surface area contributed by atoms with E-state index < -0.39 is 0 Å². The highest BCUT2D eigenvalue weighted by atomic mass is 16.5. The van der Waals surface area contributed by atoms with E-state index in [2.05, 4.69) is 4.98 Å². The van der Waals surface area contributed by atoms with E-state index in [1.54, 1.807) is 0 Å². The number of aryl methyl sites for hydroxylation is 1. The SMILES string of the molecule is O=c1[nH]c2c(c3c1COCC3)CCC2. The van der Waals surface area contributed by atoms with Crippen molar-refractivity contribution >= 4 is 0 Å².